The van der Waals surface area contributed by atoms with Gasteiger partial charge in [-0.05, 0) is 73.9 Å². The number of Topliss-reactive ketones (excluding diaryl/α,β-unsaturated/α-hetero) is 1. The average molecular weight is 483 g/mol. The average Bonchev–Trinajstić information content (AvgIpc) is 2.85. The Balaban J connectivity index is 1.64. The smallest absolute Gasteiger partial charge is 0.309 e. The fourth-order valence-electron chi connectivity index (χ4n) is 4.87. The van der Waals surface area contributed by atoms with Crippen molar-refractivity contribution in [1.82, 2.24) is 0 Å². The number of fused-ring (bicyclic) bond motifs is 1. The SMILES string of the molecule is CCCc1c(OCCCOc2ccc3c(c2CCC)CC(C(=O)OC)CC3)ccc(C(C)=O)c1O. The predicted molar refractivity (Wildman–Crippen MR) is 136 cm³/mol. The molecule has 190 valence electrons. The van der Waals surface area contributed by atoms with Gasteiger partial charge in [0.1, 0.15) is 17.2 Å². The first-order valence-corrected chi connectivity index (χ1v) is 12.7. The molecule has 0 radical (unpaired) electrons. The Morgan fingerprint density at radius 3 is 2.23 bits per heavy atom. The Morgan fingerprint density at radius 1 is 0.971 bits per heavy atom. The first-order valence-electron chi connectivity index (χ1n) is 12.7. The van der Waals surface area contributed by atoms with Crippen molar-refractivity contribution in [3.05, 3.63) is 52.1 Å². The number of methoxy groups -OCH3 is 1. The molecule has 0 heterocycles. The molecule has 1 atom stereocenters. The maximum Gasteiger partial charge on any atom is 0.309 e. The first kappa shape index (κ1) is 26.6. The van der Waals surface area contributed by atoms with Gasteiger partial charge in [-0.3, -0.25) is 9.59 Å². The van der Waals surface area contributed by atoms with Gasteiger partial charge >= 0.3 is 5.97 Å². The lowest BCUT2D eigenvalue weighted by atomic mass is 9.80. The number of phenolic OH excluding ortho intramolecular Hbond substituents is 1. The van der Waals surface area contributed by atoms with E-state index < -0.39 is 0 Å². The van der Waals surface area contributed by atoms with Crippen molar-refractivity contribution < 1.29 is 28.9 Å². The summed E-state index contributed by atoms with van der Waals surface area (Å²) in [5.74, 6) is 1.14. The molecule has 3 rings (SSSR count). The molecule has 1 N–H and O–H groups in total. The van der Waals surface area contributed by atoms with E-state index in [9.17, 15) is 14.7 Å². The van der Waals surface area contributed by atoms with Crippen LogP contribution in [0.25, 0.3) is 0 Å². The van der Waals surface area contributed by atoms with Crippen LogP contribution in [0, 0.1) is 5.92 Å². The van der Waals surface area contributed by atoms with Gasteiger partial charge in [0.15, 0.2) is 5.78 Å². The second-order valence-corrected chi connectivity index (χ2v) is 9.19. The molecule has 6 heteroatoms. The lowest BCUT2D eigenvalue weighted by Gasteiger charge is -2.26. The van der Waals surface area contributed by atoms with Crippen LogP contribution in [0.5, 0.6) is 17.2 Å². The summed E-state index contributed by atoms with van der Waals surface area (Å²) >= 11 is 0. The van der Waals surface area contributed by atoms with E-state index in [1.807, 2.05) is 6.92 Å². The minimum absolute atomic E-state index is 0.0247. The highest BCUT2D eigenvalue weighted by atomic mass is 16.5. The van der Waals surface area contributed by atoms with E-state index in [0.29, 0.717) is 49.4 Å². The number of phenols is 1. The Kier molecular flexibility index (Phi) is 9.58. The Hall–Kier alpha value is -3.02. The number of carbonyl (C=O) groups excluding carboxylic acids is 2. The molecule has 2 aromatic rings. The topological polar surface area (TPSA) is 82.1 Å². The Bertz CT molecular complexity index is 1040. The zero-order valence-electron chi connectivity index (χ0n) is 21.4. The number of ether oxygens (including phenoxy) is 3. The van der Waals surface area contributed by atoms with Gasteiger partial charge in [-0.25, -0.2) is 0 Å². The minimum atomic E-state index is -0.161. The zero-order chi connectivity index (χ0) is 25.4. The third-order valence-corrected chi connectivity index (χ3v) is 6.66. The highest BCUT2D eigenvalue weighted by molar-refractivity contribution is 5.97. The van der Waals surface area contributed by atoms with Crippen LogP contribution in [0.2, 0.25) is 0 Å². The third-order valence-electron chi connectivity index (χ3n) is 6.66. The molecule has 0 saturated heterocycles. The quantitative estimate of drug-likeness (QED) is 0.240. The van der Waals surface area contributed by atoms with Crippen molar-refractivity contribution in [2.24, 2.45) is 5.92 Å². The number of hydrogen-bond acceptors (Lipinski definition) is 6. The summed E-state index contributed by atoms with van der Waals surface area (Å²) in [5.41, 5.74) is 4.76. The normalized spacial score (nSPS) is 14.8. The minimum Gasteiger partial charge on any atom is -0.507 e. The summed E-state index contributed by atoms with van der Waals surface area (Å²) < 4.78 is 17.1. The first-order chi connectivity index (χ1) is 16.9. The number of rotatable bonds is 12. The summed E-state index contributed by atoms with van der Waals surface area (Å²) in [4.78, 5) is 23.9. The van der Waals surface area contributed by atoms with Crippen molar-refractivity contribution in [3.8, 4) is 17.2 Å². The van der Waals surface area contributed by atoms with Gasteiger partial charge in [-0.1, -0.05) is 32.8 Å². The molecule has 0 aromatic heterocycles. The van der Waals surface area contributed by atoms with E-state index in [-0.39, 0.29) is 23.4 Å². The lowest BCUT2D eigenvalue weighted by Crippen LogP contribution is -2.25. The van der Waals surface area contributed by atoms with E-state index >= 15 is 0 Å². The molecule has 1 aliphatic carbocycles. The van der Waals surface area contributed by atoms with E-state index in [2.05, 4.69) is 19.1 Å². The van der Waals surface area contributed by atoms with Crippen molar-refractivity contribution in [2.45, 2.75) is 72.1 Å². The van der Waals surface area contributed by atoms with E-state index in [0.717, 1.165) is 37.9 Å². The summed E-state index contributed by atoms with van der Waals surface area (Å²) in [7, 11) is 1.46. The largest absolute Gasteiger partial charge is 0.507 e. The number of benzene rings is 2. The van der Waals surface area contributed by atoms with E-state index in [1.54, 1.807) is 12.1 Å². The van der Waals surface area contributed by atoms with Gasteiger partial charge in [0.25, 0.3) is 0 Å². The second kappa shape index (κ2) is 12.6. The van der Waals surface area contributed by atoms with Crippen LogP contribution in [-0.2, 0) is 35.2 Å². The number of aryl methyl sites for hydroxylation is 1. The van der Waals surface area contributed by atoms with Gasteiger partial charge in [0.05, 0.1) is 31.8 Å². The highest BCUT2D eigenvalue weighted by Crippen LogP contribution is 2.35. The van der Waals surface area contributed by atoms with Crippen LogP contribution in [0.15, 0.2) is 24.3 Å². The fourth-order valence-corrected chi connectivity index (χ4v) is 4.87. The van der Waals surface area contributed by atoms with Gasteiger partial charge in [0.2, 0.25) is 0 Å². The molecule has 0 aliphatic heterocycles. The summed E-state index contributed by atoms with van der Waals surface area (Å²) in [6.07, 6.45) is 6.47. The van der Waals surface area contributed by atoms with Gasteiger partial charge in [-0.2, -0.15) is 0 Å². The van der Waals surface area contributed by atoms with Crippen LogP contribution in [0.3, 0.4) is 0 Å². The monoisotopic (exact) mass is 482 g/mol. The molecule has 1 unspecified atom stereocenters. The summed E-state index contributed by atoms with van der Waals surface area (Å²) in [6.45, 7) is 6.56. The molecule has 2 aromatic carbocycles. The lowest BCUT2D eigenvalue weighted by molar-refractivity contribution is -0.145. The maximum atomic E-state index is 12.1. The molecule has 1 aliphatic rings. The van der Waals surface area contributed by atoms with Crippen LogP contribution in [-0.4, -0.2) is 37.2 Å². The van der Waals surface area contributed by atoms with E-state index in [4.69, 9.17) is 14.2 Å². The number of ketones is 1. The van der Waals surface area contributed by atoms with Crippen LogP contribution in [0.1, 0.15) is 79.1 Å². The number of hydrogen-bond donors (Lipinski definition) is 1. The van der Waals surface area contributed by atoms with Gasteiger partial charge < -0.3 is 19.3 Å². The third kappa shape index (κ3) is 6.36. The molecule has 0 amide bonds. The zero-order valence-corrected chi connectivity index (χ0v) is 21.4. The molecular weight excluding hydrogens is 444 g/mol. The molecular formula is C29H38O6. The Labute approximate surface area is 208 Å². The molecule has 6 nitrogen and oxygen atoms in total. The predicted octanol–water partition coefficient (Wildman–Crippen LogP) is 5.63. The molecule has 0 spiro atoms. The molecule has 0 bridgehead atoms. The van der Waals surface area contributed by atoms with Crippen molar-refractivity contribution in [3.63, 3.8) is 0 Å². The van der Waals surface area contributed by atoms with Crippen LogP contribution < -0.4 is 9.47 Å². The maximum absolute atomic E-state index is 12.1. The number of carbonyl (C=O) groups is 2. The second-order valence-electron chi connectivity index (χ2n) is 9.19. The molecule has 35 heavy (non-hydrogen) atoms. The summed E-state index contributed by atoms with van der Waals surface area (Å²) in [6, 6.07) is 7.57. The molecule has 0 fully saturated rings. The van der Waals surface area contributed by atoms with Crippen molar-refractivity contribution >= 4 is 11.8 Å². The Morgan fingerprint density at radius 2 is 1.60 bits per heavy atom. The number of aromatic hydroxyl groups is 1. The fraction of sp³-hybridized carbons (Fsp3) is 0.517. The standard InChI is InChI=1S/C29H38O6/c1-5-8-23-25-18-21(29(32)33-4)11-10-20(25)12-14-26(23)34-16-7-17-35-27-15-13-22(19(3)30)28(31)24(27)9-6-2/h12-15,21,31H,5-11,16-18H2,1-4H3. The summed E-state index contributed by atoms with van der Waals surface area (Å²) in [5, 5.41) is 10.5. The van der Waals surface area contributed by atoms with Crippen LogP contribution in [0.4, 0.5) is 0 Å². The number of esters is 1. The highest BCUT2D eigenvalue weighted by Gasteiger charge is 2.28. The van der Waals surface area contributed by atoms with Crippen molar-refractivity contribution in [2.75, 3.05) is 20.3 Å². The van der Waals surface area contributed by atoms with Gasteiger partial charge in [0, 0.05) is 12.0 Å². The van der Waals surface area contributed by atoms with Crippen molar-refractivity contribution in [1.29, 1.82) is 0 Å². The van der Waals surface area contributed by atoms with Crippen LogP contribution >= 0.6 is 0 Å². The van der Waals surface area contributed by atoms with E-state index in [1.165, 1.54) is 30.7 Å². The van der Waals surface area contributed by atoms with Gasteiger partial charge in [-0.15, -0.1) is 0 Å². The molecule has 0 saturated carbocycles.